The fourth-order valence-electron chi connectivity index (χ4n) is 2.37. The van der Waals surface area contributed by atoms with Gasteiger partial charge in [0.25, 0.3) is 0 Å². The second-order valence-corrected chi connectivity index (χ2v) is 5.34. The molecule has 0 bridgehead atoms. The fourth-order valence-corrected chi connectivity index (χ4v) is 2.54. The van der Waals surface area contributed by atoms with Crippen molar-refractivity contribution in [3.8, 4) is 5.75 Å². The maximum absolute atomic E-state index is 6.16. The largest absolute Gasteiger partial charge is 0.487 e. The SMILES string of the molecule is CCOC[C@H](Oc1cccc(Cl)c1C)[C@H]1CCNC1. The van der Waals surface area contributed by atoms with Crippen LogP contribution in [0.15, 0.2) is 18.2 Å². The van der Waals surface area contributed by atoms with E-state index in [9.17, 15) is 0 Å². The molecule has 2 atom stereocenters. The molecule has 0 aliphatic carbocycles. The fraction of sp³-hybridized carbons (Fsp3) is 0.600. The zero-order chi connectivity index (χ0) is 13.7. The van der Waals surface area contributed by atoms with Crippen molar-refractivity contribution in [2.75, 3.05) is 26.3 Å². The third-order valence-electron chi connectivity index (χ3n) is 3.61. The van der Waals surface area contributed by atoms with E-state index >= 15 is 0 Å². The van der Waals surface area contributed by atoms with Crippen LogP contribution < -0.4 is 10.1 Å². The normalized spacial score (nSPS) is 20.5. The lowest BCUT2D eigenvalue weighted by Crippen LogP contribution is -2.33. The molecule has 0 aromatic heterocycles. The van der Waals surface area contributed by atoms with E-state index in [-0.39, 0.29) is 6.10 Å². The first-order valence-corrected chi connectivity index (χ1v) is 7.30. The van der Waals surface area contributed by atoms with E-state index in [1.54, 1.807) is 0 Å². The Bertz CT molecular complexity index is 405. The number of hydrogen-bond donors (Lipinski definition) is 1. The first-order valence-electron chi connectivity index (χ1n) is 6.92. The van der Waals surface area contributed by atoms with Crippen molar-refractivity contribution in [1.82, 2.24) is 5.32 Å². The Hall–Kier alpha value is -0.770. The first kappa shape index (κ1) is 14.6. The molecule has 0 amide bonds. The Morgan fingerprint density at radius 1 is 1.47 bits per heavy atom. The monoisotopic (exact) mass is 283 g/mol. The third kappa shape index (κ3) is 3.85. The lowest BCUT2D eigenvalue weighted by atomic mass is 10.0. The molecule has 19 heavy (non-hydrogen) atoms. The Morgan fingerprint density at radius 3 is 3.00 bits per heavy atom. The van der Waals surface area contributed by atoms with Gasteiger partial charge in [0.15, 0.2) is 0 Å². The highest BCUT2D eigenvalue weighted by Gasteiger charge is 2.27. The van der Waals surface area contributed by atoms with Gasteiger partial charge in [-0.3, -0.25) is 0 Å². The van der Waals surface area contributed by atoms with Crippen LogP contribution in [0, 0.1) is 12.8 Å². The van der Waals surface area contributed by atoms with E-state index in [2.05, 4.69) is 5.32 Å². The number of hydrogen-bond acceptors (Lipinski definition) is 3. The van der Waals surface area contributed by atoms with Crippen LogP contribution in [0.3, 0.4) is 0 Å². The van der Waals surface area contributed by atoms with Gasteiger partial charge in [-0.15, -0.1) is 0 Å². The van der Waals surface area contributed by atoms with E-state index in [0.29, 0.717) is 19.1 Å². The van der Waals surface area contributed by atoms with Crippen molar-refractivity contribution in [3.05, 3.63) is 28.8 Å². The van der Waals surface area contributed by atoms with E-state index in [0.717, 1.165) is 35.8 Å². The minimum atomic E-state index is 0.0899. The van der Waals surface area contributed by atoms with Crippen molar-refractivity contribution < 1.29 is 9.47 Å². The van der Waals surface area contributed by atoms with Crippen LogP contribution in [-0.4, -0.2) is 32.4 Å². The summed E-state index contributed by atoms with van der Waals surface area (Å²) in [5, 5.41) is 4.13. The van der Waals surface area contributed by atoms with Gasteiger partial charge in [0.05, 0.1) is 6.61 Å². The van der Waals surface area contributed by atoms with Crippen LogP contribution in [0.1, 0.15) is 18.9 Å². The minimum absolute atomic E-state index is 0.0899. The van der Waals surface area contributed by atoms with Crippen molar-refractivity contribution in [1.29, 1.82) is 0 Å². The smallest absolute Gasteiger partial charge is 0.126 e. The average Bonchev–Trinajstić information content (AvgIpc) is 2.93. The number of nitrogens with one attached hydrogen (secondary N) is 1. The lowest BCUT2D eigenvalue weighted by Gasteiger charge is -2.25. The van der Waals surface area contributed by atoms with E-state index in [4.69, 9.17) is 21.1 Å². The molecule has 3 nitrogen and oxygen atoms in total. The lowest BCUT2D eigenvalue weighted by molar-refractivity contribution is 0.0288. The Labute approximate surface area is 120 Å². The Balaban J connectivity index is 2.07. The molecule has 1 fully saturated rings. The summed E-state index contributed by atoms with van der Waals surface area (Å²) in [5.74, 6) is 1.37. The van der Waals surface area contributed by atoms with Crippen LogP contribution in [0.25, 0.3) is 0 Å². The summed E-state index contributed by atoms with van der Waals surface area (Å²) in [6, 6.07) is 5.79. The van der Waals surface area contributed by atoms with Crippen molar-refractivity contribution in [2.24, 2.45) is 5.92 Å². The molecule has 1 heterocycles. The van der Waals surface area contributed by atoms with Crippen molar-refractivity contribution >= 4 is 11.6 Å². The summed E-state index contributed by atoms with van der Waals surface area (Å²) in [6.45, 7) is 7.41. The van der Waals surface area contributed by atoms with Gasteiger partial charge in [0.2, 0.25) is 0 Å². The van der Waals surface area contributed by atoms with E-state index in [1.807, 2.05) is 32.0 Å². The molecule has 4 heteroatoms. The van der Waals surface area contributed by atoms with Crippen LogP contribution in [0.4, 0.5) is 0 Å². The van der Waals surface area contributed by atoms with Gasteiger partial charge in [0.1, 0.15) is 11.9 Å². The number of benzene rings is 1. The van der Waals surface area contributed by atoms with Gasteiger partial charge >= 0.3 is 0 Å². The zero-order valence-electron chi connectivity index (χ0n) is 11.6. The summed E-state index contributed by atoms with van der Waals surface area (Å²) in [6.07, 6.45) is 1.23. The molecule has 1 aromatic carbocycles. The molecular formula is C15H22ClNO2. The zero-order valence-corrected chi connectivity index (χ0v) is 12.4. The van der Waals surface area contributed by atoms with E-state index < -0.39 is 0 Å². The standard InChI is InChI=1S/C15H22ClNO2/c1-3-18-10-15(12-7-8-17-9-12)19-14-6-4-5-13(16)11(14)2/h4-6,12,15,17H,3,7-10H2,1-2H3/t12-,15-/m0/s1. The summed E-state index contributed by atoms with van der Waals surface area (Å²) >= 11 is 6.14. The second-order valence-electron chi connectivity index (χ2n) is 4.93. The quantitative estimate of drug-likeness (QED) is 0.870. The number of rotatable bonds is 6. The average molecular weight is 284 g/mol. The number of ether oxygens (including phenoxy) is 2. The highest BCUT2D eigenvalue weighted by Crippen LogP contribution is 2.28. The van der Waals surface area contributed by atoms with Crippen LogP contribution in [-0.2, 0) is 4.74 Å². The van der Waals surface area contributed by atoms with Gasteiger partial charge in [-0.2, -0.15) is 0 Å². The van der Waals surface area contributed by atoms with Crippen molar-refractivity contribution in [3.63, 3.8) is 0 Å². The summed E-state index contributed by atoms with van der Waals surface area (Å²) in [5.41, 5.74) is 0.997. The molecule has 0 unspecified atom stereocenters. The molecule has 1 aliphatic heterocycles. The molecular weight excluding hydrogens is 262 g/mol. The summed E-state index contributed by atoms with van der Waals surface area (Å²) in [7, 11) is 0. The van der Waals surface area contributed by atoms with Gasteiger partial charge in [0, 0.05) is 29.7 Å². The van der Waals surface area contributed by atoms with Crippen LogP contribution >= 0.6 is 11.6 Å². The molecule has 1 aromatic rings. The Kier molecular flexibility index (Phi) is 5.49. The molecule has 0 spiro atoms. The Morgan fingerprint density at radius 2 is 2.32 bits per heavy atom. The predicted octanol–water partition coefficient (Wildman–Crippen LogP) is 3.04. The molecule has 1 aliphatic rings. The second kappa shape index (κ2) is 7.13. The molecule has 2 rings (SSSR count). The molecule has 0 saturated carbocycles. The maximum Gasteiger partial charge on any atom is 0.126 e. The van der Waals surface area contributed by atoms with Gasteiger partial charge < -0.3 is 14.8 Å². The highest BCUT2D eigenvalue weighted by atomic mass is 35.5. The summed E-state index contributed by atoms with van der Waals surface area (Å²) < 4.78 is 11.7. The first-order chi connectivity index (χ1) is 9.22. The topological polar surface area (TPSA) is 30.5 Å². The molecule has 106 valence electrons. The minimum Gasteiger partial charge on any atom is -0.487 e. The van der Waals surface area contributed by atoms with Crippen LogP contribution in [0.5, 0.6) is 5.75 Å². The highest BCUT2D eigenvalue weighted by molar-refractivity contribution is 6.31. The van der Waals surface area contributed by atoms with Crippen LogP contribution in [0.2, 0.25) is 5.02 Å². The van der Waals surface area contributed by atoms with Gasteiger partial charge in [-0.05, 0) is 38.9 Å². The third-order valence-corrected chi connectivity index (χ3v) is 4.02. The number of halogens is 1. The van der Waals surface area contributed by atoms with Crippen molar-refractivity contribution in [2.45, 2.75) is 26.4 Å². The maximum atomic E-state index is 6.16. The van der Waals surface area contributed by atoms with Gasteiger partial charge in [-0.1, -0.05) is 17.7 Å². The molecule has 1 N–H and O–H groups in total. The summed E-state index contributed by atoms with van der Waals surface area (Å²) in [4.78, 5) is 0. The predicted molar refractivity (Wildman–Crippen MR) is 78.1 cm³/mol. The molecule has 0 radical (unpaired) electrons. The van der Waals surface area contributed by atoms with Gasteiger partial charge in [-0.25, -0.2) is 0 Å². The van der Waals surface area contributed by atoms with E-state index in [1.165, 1.54) is 0 Å². The molecule has 1 saturated heterocycles.